The molecule has 1 heterocycles. The predicted molar refractivity (Wildman–Crippen MR) is 185 cm³/mol. The van der Waals surface area contributed by atoms with E-state index in [0.717, 1.165) is 0 Å². The summed E-state index contributed by atoms with van der Waals surface area (Å²) in [6, 6.07) is 3.81. The van der Waals surface area contributed by atoms with Crippen LogP contribution in [0.3, 0.4) is 0 Å². The SMILES string of the molecule is Nc1ccc(ON2P(OC(F)C(F)=C(F)C(F)(F)F)N=P(OC(F)C(F)=C(F)C(F)(F)F)(OC(F)C(F)=C(F)C(F)(F)F)N(Oc3ccc(N)c(F)c3)P2Oc2ccc(N)c(F)c2)cc1F. The zero-order valence-electron chi connectivity index (χ0n) is 30.7. The number of halogens is 21. The fraction of sp³-hybridized carbons (Fsp3) is 0.200. The number of hydrogen-bond donors (Lipinski definition) is 3. The Morgan fingerprint density at radius 3 is 1.27 bits per heavy atom. The fourth-order valence-electron chi connectivity index (χ4n) is 3.97. The number of benzene rings is 3. The van der Waals surface area contributed by atoms with Gasteiger partial charge in [-0.1, -0.05) is 0 Å². The summed E-state index contributed by atoms with van der Waals surface area (Å²) in [5.41, 5.74) is 13.8. The Morgan fingerprint density at radius 1 is 0.545 bits per heavy atom. The van der Waals surface area contributed by atoms with Crippen LogP contribution in [0.25, 0.3) is 0 Å². The van der Waals surface area contributed by atoms with E-state index in [1.807, 2.05) is 0 Å². The third-order valence-corrected chi connectivity index (χ3v) is 13.8. The molecule has 1 aliphatic rings. The van der Waals surface area contributed by atoms with Gasteiger partial charge >= 0.3 is 34.6 Å². The topological polar surface area (TPSA) is 152 Å². The summed E-state index contributed by atoms with van der Waals surface area (Å²) < 4.78 is 316. The maximum absolute atomic E-state index is 15.7. The van der Waals surface area contributed by atoms with Crippen LogP contribution in [0.1, 0.15) is 0 Å². The Bertz CT molecular complexity index is 2380. The predicted octanol–water partition coefficient (Wildman–Crippen LogP) is 13.3. The third kappa shape index (κ3) is 12.7. The molecule has 0 fully saturated rings. The van der Waals surface area contributed by atoms with Gasteiger partial charge in [0.2, 0.25) is 35.0 Å². The van der Waals surface area contributed by atoms with Gasteiger partial charge < -0.3 is 31.4 Å². The quantitative estimate of drug-likeness (QED) is 0.0758. The molecule has 0 aliphatic carbocycles. The van der Waals surface area contributed by atoms with Gasteiger partial charge in [0.1, 0.15) is 23.2 Å². The van der Waals surface area contributed by atoms with E-state index in [-0.39, 0.29) is 18.2 Å². The van der Waals surface area contributed by atoms with Crippen LogP contribution in [0.2, 0.25) is 0 Å². The van der Waals surface area contributed by atoms with Gasteiger partial charge in [-0.05, 0) is 36.4 Å². The monoisotopic (exact) mass is 1050 g/mol. The van der Waals surface area contributed by atoms with Crippen molar-refractivity contribution in [1.29, 1.82) is 0 Å². The molecular weight excluding hydrogens is 1030 g/mol. The minimum absolute atomic E-state index is 0.0973. The van der Waals surface area contributed by atoms with E-state index in [2.05, 4.69) is 18.1 Å². The highest BCUT2D eigenvalue weighted by Crippen LogP contribution is 2.80. The van der Waals surface area contributed by atoms with Crippen molar-refractivity contribution < 1.29 is 120 Å². The summed E-state index contributed by atoms with van der Waals surface area (Å²) in [6.45, 7) is 0. The summed E-state index contributed by atoms with van der Waals surface area (Å²) in [5.74, 6) is -31.7. The lowest BCUT2D eigenvalue weighted by Crippen LogP contribution is -2.37. The van der Waals surface area contributed by atoms with Crippen LogP contribution in [0.4, 0.5) is 109 Å². The molecule has 0 saturated heterocycles. The number of hydrogen-bond acceptors (Lipinski definition) is 12. The highest BCUT2D eigenvalue weighted by molar-refractivity contribution is 7.78. The second-order valence-electron chi connectivity index (χ2n) is 11.7. The van der Waals surface area contributed by atoms with E-state index >= 15 is 13.2 Å². The zero-order valence-corrected chi connectivity index (χ0v) is 33.4. The number of alkyl halides is 12. The van der Waals surface area contributed by atoms with Gasteiger partial charge in [0.15, 0.2) is 11.5 Å². The minimum Gasteiger partial charge on any atom is -0.440 e. The number of allylic oxidation sites excluding steroid dienone is 3. The molecule has 0 radical (unpaired) electrons. The molecule has 5 unspecified atom stereocenters. The van der Waals surface area contributed by atoms with Crippen LogP contribution in [0.15, 0.2) is 94.1 Å². The van der Waals surface area contributed by atoms with E-state index < -0.39 is 158 Å². The van der Waals surface area contributed by atoms with Crippen molar-refractivity contribution in [2.45, 2.75) is 37.6 Å². The molecule has 6 N–H and O–H groups in total. The third-order valence-electron chi connectivity index (χ3n) is 6.94. The highest BCUT2D eigenvalue weighted by atomic mass is 31.3. The van der Waals surface area contributed by atoms with E-state index in [9.17, 15) is 79.0 Å². The van der Waals surface area contributed by atoms with Gasteiger partial charge in [-0.2, -0.15) is 57.2 Å². The van der Waals surface area contributed by atoms with Crippen LogP contribution in [0.5, 0.6) is 17.2 Å². The molecule has 0 aromatic heterocycles. The molecule has 0 saturated carbocycles. The van der Waals surface area contributed by atoms with Gasteiger partial charge in [0.25, 0.3) is 27.5 Å². The van der Waals surface area contributed by atoms with Crippen LogP contribution in [0, 0.1) is 17.5 Å². The minimum atomic E-state index is -7.10. The van der Waals surface area contributed by atoms with Gasteiger partial charge in [0.05, 0.1) is 17.1 Å². The maximum atomic E-state index is 15.7. The molecule has 0 bridgehead atoms. The lowest BCUT2D eigenvalue weighted by Gasteiger charge is -2.44. The molecule has 5 atom stereocenters. The van der Waals surface area contributed by atoms with Crippen LogP contribution < -0.4 is 31.4 Å². The largest absolute Gasteiger partial charge is 0.445 e. The maximum Gasteiger partial charge on any atom is 0.445 e. The summed E-state index contributed by atoms with van der Waals surface area (Å²) in [4.78, 5) is 10.5. The molecule has 12 nitrogen and oxygen atoms in total. The van der Waals surface area contributed by atoms with Gasteiger partial charge in [0, 0.05) is 27.4 Å². The number of anilines is 3. The first kappa shape index (κ1) is 53.7. The number of rotatable bonds is 15. The first-order valence-electron chi connectivity index (χ1n) is 16.1. The van der Waals surface area contributed by atoms with E-state index in [4.69, 9.17) is 31.4 Å². The van der Waals surface area contributed by atoms with Gasteiger partial charge in [-0.3, -0.25) is 13.6 Å². The molecule has 0 spiro atoms. The van der Waals surface area contributed by atoms with Crippen molar-refractivity contribution in [3.63, 3.8) is 0 Å². The Hall–Kier alpha value is -4.90. The van der Waals surface area contributed by atoms with Crippen molar-refractivity contribution >= 4 is 41.6 Å². The van der Waals surface area contributed by atoms with Gasteiger partial charge in [-0.15, -0.1) is 0 Å². The summed E-state index contributed by atoms with van der Waals surface area (Å²) in [6.07, 6.45) is -34.1. The van der Waals surface area contributed by atoms with Crippen molar-refractivity contribution in [1.82, 2.24) is 9.21 Å². The van der Waals surface area contributed by atoms with Crippen LogP contribution in [-0.4, -0.2) is 46.8 Å². The molecular formula is C30H18F21N6O6P3. The fourth-order valence-corrected chi connectivity index (χ4v) is 11.4. The highest BCUT2D eigenvalue weighted by Gasteiger charge is 2.59. The second-order valence-corrected chi connectivity index (χ2v) is 17.3. The average molecular weight is 1050 g/mol. The van der Waals surface area contributed by atoms with E-state index in [1.54, 1.807) is 0 Å². The standard InChI is InChI=1S/C30H18F21N6O6P3/c31-13-7-10(1-4-16(13)52)58-56-64(61-25(40)19(34)22(37)28(43,44)45)55-66(62-26(41)20(35)23(38)29(46,47)48,63-27(42)21(36)24(39)30(49,50)51)57(59-11-2-5-17(53)14(32)8-11)65(56)60-12-3-6-18(54)15(33)9-12/h1-9,25-27H,52-54H2. The van der Waals surface area contributed by atoms with E-state index in [1.165, 1.54) is 0 Å². The number of nitrogens with two attached hydrogens (primary N) is 3. The van der Waals surface area contributed by atoms with Crippen molar-refractivity contribution in [3.05, 3.63) is 107 Å². The first-order chi connectivity index (χ1) is 30.3. The Morgan fingerprint density at radius 2 is 0.894 bits per heavy atom. The molecule has 366 valence electrons. The molecule has 1 aliphatic heterocycles. The molecule has 4 rings (SSSR count). The van der Waals surface area contributed by atoms with Crippen molar-refractivity contribution in [2.24, 2.45) is 4.52 Å². The molecule has 3 aromatic carbocycles. The zero-order chi connectivity index (χ0) is 50.0. The Balaban J connectivity index is 2.25. The summed E-state index contributed by atoms with van der Waals surface area (Å²) >= 11 is 0. The summed E-state index contributed by atoms with van der Waals surface area (Å²) in [5, 5.41) is 0. The van der Waals surface area contributed by atoms with Crippen LogP contribution in [-0.2, 0) is 13.6 Å². The molecule has 3 aromatic rings. The van der Waals surface area contributed by atoms with Crippen molar-refractivity contribution in [3.8, 4) is 17.2 Å². The lowest BCUT2D eigenvalue weighted by atomic mass is 10.3. The second kappa shape index (κ2) is 20.5. The number of nitrogens with zero attached hydrogens (tertiary/aromatic N) is 3. The van der Waals surface area contributed by atoms with Gasteiger partial charge in [-0.25, -0.2) is 39.5 Å². The molecule has 36 heteroatoms. The average Bonchev–Trinajstić information content (AvgIpc) is 3.21. The smallest absolute Gasteiger partial charge is 0.440 e. The Labute approximate surface area is 354 Å². The normalized spacial score (nSPS) is 21.5. The molecule has 66 heavy (non-hydrogen) atoms. The van der Waals surface area contributed by atoms with Crippen LogP contribution >= 0.6 is 24.6 Å². The lowest BCUT2D eigenvalue weighted by molar-refractivity contribution is -0.115. The van der Waals surface area contributed by atoms with Crippen molar-refractivity contribution in [2.75, 3.05) is 17.2 Å². The molecule has 0 amide bonds. The number of nitrogen functional groups attached to an aromatic ring is 3. The first-order valence-corrected chi connectivity index (χ1v) is 20.0. The van der Waals surface area contributed by atoms with E-state index in [0.29, 0.717) is 36.4 Å². The Kier molecular flexibility index (Phi) is 16.7. The summed E-state index contributed by atoms with van der Waals surface area (Å²) in [7, 11) is -16.4.